The van der Waals surface area contributed by atoms with Crippen LogP contribution in [0.15, 0.2) is 86.0 Å². The molecule has 2 bridgehead atoms. The Morgan fingerprint density at radius 3 is 2.38 bits per heavy atom. The predicted octanol–water partition coefficient (Wildman–Crippen LogP) is 5.05. The van der Waals surface area contributed by atoms with Crippen LogP contribution in [0.5, 0.6) is 0 Å². The van der Waals surface area contributed by atoms with E-state index in [1.165, 1.54) is 4.90 Å². The number of ether oxygens (including phenoxy) is 2. The minimum absolute atomic E-state index is 0.196. The molecule has 10 heteroatoms. The number of rotatable bonds is 18. The molecule has 50 heavy (non-hydrogen) atoms. The Morgan fingerprint density at radius 1 is 1.08 bits per heavy atom. The fourth-order valence-electron chi connectivity index (χ4n) is 8.12. The highest BCUT2D eigenvalue weighted by Crippen LogP contribution is 2.60. The number of carbonyl (C=O) groups is 4. The van der Waals surface area contributed by atoms with Gasteiger partial charge in [-0.2, -0.15) is 0 Å². The van der Waals surface area contributed by atoms with Crippen molar-refractivity contribution >= 4 is 23.7 Å². The molecule has 0 unspecified atom stereocenters. The largest absolute Gasteiger partial charge is 0.455 e. The van der Waals surface area contributed by atoms with Gasteiger partial charge in [0.1, 0.15) is 17.7 Å². The molecule has 3 saturated heterocycles. The van der Waals surface area contributed by atoms with Crippen LogP contribution in [0.2, 0.25) is 0 Å². The molecular weight excluding hydrogens is 634 g/mol. The summed E-state index contributed by atoms with van der Waals surface area (Å²) < 4.78 is 13.0. The van der Waals surface area contributed by atoms with Crippen molar-refractivity contribution in [1.29, 1.82) is 0 Å². The van der Waals surface area contributed by atoms with Crippen LogP contribution >= 0.6 is 0 Å². The summed E-state index contributed by atoms with van der Waals surface area (Å²) in [7, 11) is 0. The third-order valence-electron chi connectivity index (χ3n) is 10.4. The third-order valence-corrected chi connectivity index (χ3v) is 10.4. The fourth-order valence-corrected chi connectivity index (χ4v) is 8.12. The molecule has 0 saturated carbocycles. The van der Waals surface area contributed by atoms with E-state index in [9.17, 15) is 24.3 Å². The number of amides is 3. The first-order valence-corrected chi connectivity index (χ1v) is 17.9. The van der Waals surface area contributed by atoms with Gasteiger partial charge in [0.05, 0.1) is 36.6 Å². The van der Waals surface area contributed by atoms with Gasteiger partial charge in [0, 0.05) is 19.5 Å². The summed E-state index contributed by atoms with van der Waals surface area (Å²) in [6, 6.07) is 15.9. The second-order valence-corrected chi connectivity index (χ2v) is 13.6. The van der Waals surface area contributed by atoms with Crippen molar-refractivity contribution in [3.05, 3.63) is 97.1 Å². The van der Waals surface area contributed by atoms with Gasteiger partial charge in [-0.25, -0.2) is 0 Å². The topological polar surface area (TPSA) is 125 Å². The molecule has 1 spiro atoms. The summed E-state index contributed by atoms with van der Waals surface area (Å²) in [5.74, 6) is -3.47. The van der Waals surface area contributed by atoms with E-state index in [1.807, 2.05) is 60.7 Å². The predicted molar refractivity (Wildman–Crippen MR) is 189 cm³/mol. The van der Waals surface area contributed by atoms with E-state index >= 15 is 0 Å². The molecular formula is C40H51N3O7. The monoisotopic (exact) mass is 685 g/mol. The summed E-state index contributed by atoms with van der Waals surface area (Å²) in [6.07, 6.45) is 6.23. The van der Waals surface area contributed by atoms with Gasteiger partial charge < -0.3 is 29.7 Å². The molecule has 3 fully saturated rings. The van der Waals surface area contributed by atoms with E-state index < -0.39 is 66.3 Å². The van der Waals surface area contributed by atoms with Crippen LogP contribution in [0.1, 0.15) is 82.1 Å². The average molecular weight is 686 g/mol. The molecule has 2 aromatic carbocycles. The van der Waals surface area contributed by atoms with E-state index in [0.717, 1.165) is 19.3 Å². The second-order valence-electron chi connectivity index (χ2n) is 13.6. The lowest BCUT2D eigenvalue weighted by molar-refractivity contribution is -0.162. The van der Waals surface area contributed by atoms with Gasteiger partial charge in [-0.1, -0.05) is 92.6 Å². The average Bonchev–Trinajstić information content (AvgIpc) is 3.77. The van der Waals surface area contributed by atoms with Crippen molar-refractivity contribution < 1.29 is 33.8 Å². The number of likely N-dealkylation sites (tertiary alicyclic amines) is 1. The molecule has 3 amide bonds. The van der Waals surface area contributed by atoms with Crippen molar-refractivity contribution in [1.82, 2.24) is 15.1 Å². The number of hydrogen-bond donors (Lipinski definition) is 2. The maximum Gasteiger partial charge on any atom is 0.313 e. The van der Waals surface area contributed by atoms with E-state index in [-0.39, 0.29) is 18.2 Å². The fraction of sp³-hybridized carbons (Fsp3) is 0.500. The lowest BCUT2D eigenvalue weighted by Crippen LogP contribution is -2.57. The maximum atomic E-state index is 14.8. The van der Waals surface area contributed by atoms with Gasteiger partial charge in [0.15, 0.2) is 0 Å². The lowest BCUT2D eigenvalue weighted by atomic mass is 9.70. The molecule has 0 aliphatic carbocycles. The molecule has 3 aliphatic heterocycles. The van der Waals surface area contributed by atoms with Crippen molar-refractivity contribution in [3.8, 4) is 0 Å². The van der Waals surface area contributed by atoms with Crippen LogP contribution in [-0.4, -0.2) is 82.1 Å². The van der Waals surface area contributed by atoms with E-state index in [2.05, 4.69) is 25.4 Å². The number of aliphatic hydroxyl groups is 1. The summed E-state index contributed by atoms with van der Waals surface area (Å²) in [5.41, 5.74) is 0.0968. The van der Waals surface area contributed by atoms with Crippen molar-refractivity contribution in [2.24, 2.45) is 11.8 Å². The lowest BCUT2D eigenvalue weighted by Gasteiger charge is -2.39. The number of benzene rings is 2. The quantitative estimate of drug-likeness (QED) is 0.128. The molecule has 2 aromatic rings. The number of hydrogen-bond acceptors (Lipinski definition) is 7. The summed E-state index contributed by atoms with van der Waals surface area (Å²) >= 11 is 0. The van der Waals surface area contributed by atoms with Gasteiger partial charge in [0.25, 0.3) is 0 Å². The number of allylic oxidation sites excluding steroid dienone is 1. The molecule has 268 valence electrons. The molecule has 3 heterocycles. The SMILES string of the molecule is C=CCCC(=O)N[C@H](C)[C@@H](OC(=O)[C@@H]1[C@H]2C(=O)N([C@H](CO)c3ccccc3)[C@H](C(=O)N(CC=C)CCCCC)[C@]23CC[C@H]1O3)c1ccccc1. The number of nitrogens with zero attached hydrogens (tertiary/aromatic N) is 2. The minimum Gasteiger partial charge on any atom is -0.455 e. The Balaban J connectivity index is 1.51. The molecule has 2 N–H and O–H groups in total. The molecule has 0 radical (unpaired) electrons. The van der Waals surface area contributed by atoms with Crippen molar-refractivity contribution in [3.63, 3.8) is 0 Å². The van der Waals surface area contributed by atoms with Crippen molar-refractivity contribution in [2.45, 2.75) is 94.7 Å². The van der Waals surface area contributed by atoms with E-state index in [4.69, 9.17) is 9.47 Å². The molecule has 0 aromatic heterocycles. The van der Waals surface area contributed by atoms with Crippen LogP contribution in [0, 0.1) is 11.8 Å². The van der Waals surface area contributed by atoms with Crippen molar-refractivity contribution in [2.75, 3.05) is 19.7 Å². The van der Waals surface area contributed by atoms with Crippen LogP contribution in [0.4, 0.5) is 0 Å². The zero-order valence-electron chi connectivity index (χ0n) is 29.2. The standard InChI is InChI=1S/C40H51N3O7/c1-5-8-16-25-42(24-7-3)38(47)36-40-23-22-31(50-40)33(34(40)37(46)43(36)30(26-44)28-17-12-10-13-18-28)39(48)49-35(29-19-14-11-15-20-29)27(4)41-32(45)21-9-6-2/h6-7,10-15,17-20,27,30-31,33-36,44H,2-3,5,8-9,16,21-26H2,1,4H3,(H,41,45)/t27-,30-,31-,33+,34+,35-,36-,40+/m1/s1. The highest BCUT2D eigenvalue weighted by Gasteiger charge is 2.75. The number of fused-ring (bicyclic) bond motifs is 1. The highest BCUT2D eigenvalue weighted by molar-refractivity contribution is 5.98. The van der Waals surface area contributed by atoms with Gasteiger partial charge in [-0.05, 0) is 43.7 Å². The summed E-state index contributed by atoms with van der Waals surface area (Å²) in [5, 5.41) is 13.8. The number of esters is 1. The minimum atomic E-state index is -1.28. The number of aliphatic hydroxyl groups excluding tert-OH is 1. The first-order valence-electron chi connectivity index (χ1n) is 17.9. The Hall–Kier alpha value is -4.28. The zero-order chi connectivity index (χ0) is 35.8. The van der Waals surface area contributed by atoms with E-state index in [1.54, 1.807) is 24.0 Å². The number of unbranched alkanes of at least 4 members (excludes halogenated alkanes) is 2. The highest BCUT2D eigenvalue weighted by atomic mass is 16.6. The molecule has 3 aliphatic rings. The molecule has 5 rings (SSSR count). The summed E-state index contributed by atoms with van der Waals surface area (Å²) in [6.45, 7) is 11.8. The Labute approximate surface area is 295 Å². The Morgan fingerprint density at radius 2 is 1.76 bits per heavy atom. The Bertz CT molecular complexity index is 1520. The smallest absolute Gasteiger partial charge is 0.313 e. The van der Waals surface area contributed by atoms with Gasteiger partial charge >= 0.3 is 5.97 Å². The second kappa shape index (κ2) is 16.6. The zero-order valence-corrected chi connectivity index (χ0v) is 29.2. The molecule has 8 atom stereocenters. The number of nitrogens with one attached hydrogen (secondary N) is 1. The van der Waals surface area contributed by atoms with Crippen LogP contribution in [0.25, 0.3) is 0 Å². The van der Waals surface area contributed by atoms with Gasteiger partial charge in [-0.3, -0.25) is 19.2 Å². The molecule has 10 nitrogen and oxygen atoms in total. The first-order chi connectivity index (χ1) is 24.2. The van der Waals surface area contributed by atoms with E-state index in [0.29, 0.717) is 43.5 Å². The first kappa shape index (κ1) is 37.0. The number of carbonyl (C=O) groups excluding carboxylic acids is 4. The van der Waals surface area contributed by atoms with Crippen LogP contribution in [-0.2, 0) is 28.7 Å². The Kier molecular flexibility index (Phi) is 12.3. The van der Waals surface area contributed by atoms with Gasteiger partial charge in [0.2, 0.25) is 17.7 Å². The maximum absolute atomic E-state index is 14.8. The van der Waals surface area contributed by atoms with Gasteiger partial charge in [-0.15, -0.1) is 13.2 Å². The third kappa shape index (κ3) is 7.28. The van der Waals surface area contributed by atoms with Crippen LogP contribution in [0.3, 0.4) is 0 Å². The summed E-state index contributed by atoms with van der Waals surface area (Å²) in [4.78, 5) is 59.8. The van der Waals surface area contributed by atoms with Crippen LogP contribution < -0.4 is 5.32 Å². The normalized spacial score (nSPS) is 25.3.